The number of halogens is 1. The summed E-state index contributed by atoms with van der Waals surface area (Å²) in [6, 6.07) is 2.04. The number of carbonyl (C=O) groups excluding carboxylic acids is 1. The lowest BCUT2D eigenvalue weighted by Crippen LogP contribution is -2.14. The maximum Gasteiger partial charge on any atom is 0.377 e. The van der Waals surface area contributed by atoms with E-state index >= 15 is 0 Å². The van der Waals surface area contributed by atoms with Crippen molar-refractivity contribution in [3.05, 3.63) is 23.5 Å². The number of hydrogen-bond acceptors (Lipinski definition) is 4. The number of ketones is 1. The summed E-state index contributed by atoms with van der Waals surface area (Å²) in [5, 5.41) is 8.58. The number of Topliss-reactive ketones (excluding diaryl/α,β-unsaturated/α-hetero) is 1. The molecule has 0 aliphatic carbocycles. The van der Waals surface area contributed by atoms with Crippen molar-refractivity contribution >= 4 is 23.5 Å². The van der Waals surface area contributed by atoms with Gasteiger partial charge in [-0.2, -0.15) is 0 Å². The van der Waals surface area contributed by atoms with Crippen LogP contribution in [0.15, 0.2) is 17.0 Å². The lowest BCUT2D eigenvalue weighted by atomic mass is 10.1. The van der Waals surface area contributed by atoms with E-state index in [0.29, 0.717) is 4.90 Å². The third-order valence-corrected chi connectivity index (χ3v) is 2.63. The molecule has 1 rings (SSSR count). The number of aliphatic carboxylic acids is 1. The minimum Gasteiger partial charge on any atom is -0.495 e. The van der Waals surface area contributed by atoms with Crippen LogP contribution < -0.4 is 4.74 Å². The standard InChI is InChI=1S/C10H9FO4S/c1-15-9-6(8(12)10(13)14)3-5(11)4-7(9)16-2/h3-4H,1-2H3,(H,13,14). The zero-order chi connectivity index (χ0) is 12.3. The maximum absolute atomic E-state index is 13.1. The molecule has 1 aromatic carbocycles. The van der Waals surface area contributed by atoms with E-state index in [1.54, 1.807) is 6.26 Å². The average molecular weight is 244 g/mol. The number of carboxylic acids is 1. The third-order valence-electron chi connectivity index (χ3n) is 1.88. The molecule has 0 fully saturated rings. The lowest BCUT2D eigenvalue weighted by molar-refractivity contribution is -0.131. The Labute approximate surface area is 95.4 Å². The molecule has 0 saturated carbocycles. The van der Waals surface area contributed by atoms with E-state index in [2.05, 4.69) is 0 Å². The molecule has 1 N–H and O–H groups in total. The van der Waals surface area contributed by atoms with Gasteiger partial charge in [0, 0.05) is 0 Å². The number of hydrogen-bond donors (Lipinski definition) is 1. The molecule has 0 heterocycles. The molecule has 86 valence electrons. The number of rotatable bonds is 4. The van der Waals surface area contributed by atoms with Crippen LogP contribution in [0.1, 0.15) is 10.4 Å². The summed E-state index contributed by atoms with van der Waals surface area (Å²) in [5.74, 6) is -3.42. The molecule has 0 atom stereocenters. The van der Waals surface area contributed by atoms with E-state index in [1.165, 1.54) is 24.9 Å². The van der Waals surface area contributed by atoms with Crippen molar-refractivity contribution in [1.82, 2.24) is 0 Å². The van der Waals surface area contributed by atoms with Crippen LogP contribution in [-0.2, 0) is 4.79 Å². The van der Waals surface area contributed by atoms with Gasteiger partial charge < -0.3 is 9.84 Å². The van der Waals surface area contributed by atoms with Crippen LogP contribution in [0.2, 0.25) is 0 Å². The Kier molecular flexibility index (Phi) is 3.89. The van der Waals surface area contributed by atoms with Crippen LogP contribution in [-0.4, -0.2) is 30.2 Å². The summed E-state index contributed by atoms with van der Waals surface area (Å²) < 4.78 is 18.1. The van der Waals surface area contributed by atoms with Crippen LogP contribution in [0.3, 0.4) is 0 Å². The molecule has 0 saturated heterocycles. The van der Waals surface area contributed by atoms with Crippen LogP contribution in [0.25, 0.3) is 0 Å². The van der Waals surface area contributed by atoms with Gasteiger partial charge in [-0.25, -0.2) is 9.18 Å². The fraction of sp³-hybridized carbons (Fsp3) is 0.200. The zero-order valence-corrected chi connectivity index (χ0v) is 9.43. The van der Waals surface area contributed by atoms with Gasteiger partial charge >= 0.3 is 5.97 Å². The van der Waals surface area contributed by atoms with Crippen LogP contribution >= 0.6 is 11.8 Å². The van der Waals surface area contributed by atoms with Crippen LogP contribution in [0.4, 0.5) is 4.39 Å². The molecule has 4 nitrogen and oxygen atoms in total. The zero-order valence-electron chi connectivity index (χ0n) is 8.61. The number of carboxylic acid groups (broad SMARTS) is 1. The van der Waals surface area contributed by atoms with Gasteiger partial charge in [-0.3, -0.25) is 4.79 Å². The van der Waals surface area contributed by atoms with Gasteiger partial charge in [0.05, 0.1) is 17.6 Å². The minimum atomic E-state index is -1.64. The molecule has 0 aliphatic rings. The molecule has 0 aromatic heterocycles. The molecular formula is C10H9FO4S. The molecule has 0 unspecified atom stereocenters. The second-order valence-corrected chi connectivity index (χ2v) is 3.67. The Balaban J connectivity index is 3.42. The molecule has 0 radical (unpaired) electrons. The molecular weight excluding hydrogens is 235 g/mol. The topological polar surface area (TPSA) is 63.6 Å². The Hall–Kier alpha value is -1.56. The highest BCUT2D eigenvalue weighted by Crippen LogP contribution is 2.32. The average Bonchev–Trinajstić information content (AvgIpc) is 2.26. The number of thioether (sulfide) groups is 1. The normalized spacial score (nSPS) is 9.94. The summed E-state index contributed by atoms with van der Waals surface area (Å²) in [6.07, 6.45) is 1.67. The van der Waals surface area contributed by atoms with Crippen LogP contribution in [0, 0.1) is 5.82 Å². The molecule has 1 aromatic rings. The molecule has 16 heavy (non-hydrogen) atoms. The van der Waals surface area contributed by atoms with Crippen molar-refractivity contribution in [2.75, 3.05) is 13.4 Å². The van der Waals surface area contributed by atoms with Gasteiger partial charge in [-0.15, -0.1) is 11.8 Å². The Morgan fingerprint density at radius 2 is 2.06 bits per heavy atom. The van der Waals surface area contributed by atoms with E-state index < -0.39 is 17.6 Å². The van der Waals surface area contributed by atoms with Crippen molar-refractivity contribution in [2.45, 2.75) is 4.90 Å². The molecule has 0 aliphatic heterocycles. The summed E-state index contributed by atoms with van der Waals surface area (Å²) in [7, 11) is 1.30. The second-order valence-electron chi connectivity index (χ2n) is 2.82. The Bertz CT molecular complexity index is 445. The summed E-state index contributed by atoms with van der Waals surface area (Å²) in [4.78, 5) is 22.2. The van der Waals surface area contributed by atoms with E-state index in [9.17, 15) is 14.0 Å². The fourth-order valence-corrected chi connectivity index (χ4v) is 1.82. The van der Waals surface area contributed by atoms with E-state index in [-0.39, 0.29) is 11.3 Å². The van der Waals surface area contributed by atoms with Crippen molar-refractivity contribution in [1.29, 1.82) is 0 Å². The van der Waals surface area contributed by atoms with Crippen molar-refractivity contribution in [3.63, 3.8) is 0 Å². The first-order valence-corrected chi connectivity index (χ1v) is 5.43. The summed E-state index contributed by atoms with van der Waals surface area (Å²) >= 11 is 1.17. The fourth-order valence-electron chi connectivity index (χ4n) is 1.21. The SMILES string of the molecule is COc1c(SC)cc(F)cc1C(=O)C(=O)O. The second kappa shape index (κ2) is 4.98. The molecule has 0 spiro atoms. The first-order valence-electron chi connectivity index (χ1n) is 4.20. The van der Waals surface area contributed by atoms with E-state index in [1.807, 2.05) is 0 Å². The summed E-state index contributed by atoms with van der Waals surface area (Å²) in [6.45, 7) is 0. The van der Waals surface area contributed by atoms with Gasteiger partial charge in [0.25, 0.3) is 5.78 Å². The highest BCUT2D eigenvalue weighted by Gasteiger charge is 2.22. The van der Waals surface area contributed by atoms with E-state index in [0.717, 1.165) is 6.07 Å². The highest BCUT2D eigenvalue weighted by atomic mass is 32.2. The number of benzene rings is 1. The lowest BCUT2D eigenvalue weighted by Gasteiger charge is -2.10. The predicted octanol–water partition coefficient (Wildman–Crippen LogP) is 1.82. The van der Waals surface area contributed by atoms with Gasteiger partial charge in [0.2, 0.25) is 0 Å². The Morgan fingerprint density at radius 3 is 2.50 bits per heavy atom. The van der Waals surface area contributed by atoms with Crippen LogP contribution in [0.5, 0.6) is 5.75 Å². The van der Waals surface area contributed by atoms with Gasteiger partial charge in [0.1, 0.15) is 11.6 Å². The monoisotopic (exact) mass is 244 g/mol. The van der Waals surface area contributed by atoms with E-state index in [4.69, 9.17) is 9.84 Å². The van der Waals surface area contributed by atoms with Crippen molar-refractivity contribution in [2.24, 2.45) is 0 Å². The maximum atomic E-state index is 13.1. The molecule has 0 amide bonds. The van der Waals surface area contributed by atoms with Gasteiger partial charge in [-0.1, -0.05) is 0 Å². The molecule has 0 bridgehead atoms. The third kappa shape index (κ3) is 2.33. The quantitative estimate of drug-likeness (QED) is 0.497. The van der Waals surface area contributed by atoms with Crippen molar-refractivity contribution < 1.29 is 23.8 Å². The minimum absolute atomic E-state index is 0.0845. The molecule has 6 heteroatoms. The first kappa shape index (κ1) is 12.5. The number of ether oxygens (including phenoxy) is 1. The first-order chi connectivity index (χ1) is 7.51. The highest BCUT2D eigenvalue weighted by molar-refractivity contribution is 7.98. The summed E-state index contributed by atoms with van der Waals surface area (Å²) in [5.41, 5.74) is -0.278. The smallest absolute Gasteiger partial charge is 0.377 e. The van der Waals surface area contributed by atoms with Gasteiger partial charge in [-0.05, 0) is 18.4 Å². The van der Waals surface area contributed by atoms with Gasteiger partial charge in [0.15, 0.2) is 0 Å². The predicted molar refractivity (Wildman–Crippen MR) is 56.7 cm³/mol. The number of methoxy groups -OCH3 is 1. The Morgan fingerprint density at radius 1 is 1.44 bits per heavy atom. The largest absolute Gasteiger partial charge is 0.495 e. The number of carbonyl (C=O) groups is 2. The van der Waals surface area contributed by atoms with Crippen molar-refractivity contribution in [3.8, 4) is 5.75 Å².